The second kappa shape index (κ2) is 10.4. The van der Waals surface area contributed by atoms with Crippen LogP contribution >= 0.6 is 0 Å². The number of ether oxygens (including phenoxy) is 2. The maximum Gasteiger partial charge on any atom is 0.227 e. The van der Waals surface area contributed by atoms with E-state index < -0.39 is 0 Å². The lowest BCUT2D eigenvalue weighted by Gasteiger charge is -2.11. The van der Waals surface area contributed by atoms with Crippen molar-refractivity contribution in [1.82, 2.24) is 15.0 Å². The number of aromatic nitrogens is 3. The lowest BCUT2D eigenvalue weighted by atomic mass is 10.1. The molecule has 0 aliphatic carbocycles. The van der Waals surface area contributed by atoms with Crippen LogP contribution in [0.4, 0.5) is 21.8 Å². The first-order valence-electron chi connectivity index (χ1n) is 10.2. The normalized spacial score (nSPS) is 10.6. The SMILES string of the molecule is C#Cc1cc2cnc(Nc3cccc(F)c3)nc2cc1OCc1ccc(NCCOC)nc1. The molecule has 0 saturated heterocycles. The minimum atomic E-state index is -0.344. The molecule has 0 saturated carbocycles. The van der Waals surface area contributed by atoms with Crippen molar-refractivity contribution in [2.45, 2.75) is 6.61 Å². The van der Waals surface area contributed by atoms with Gasteiger partial charge in [-0.15, -0.1) is 6.42 Å². The number of terminal acetylenes is 1. The first kappa shape index (κ1) is 22.0. The average Bonchev–Trinajstić information content (AvgIpc) is 2.83. The molecule has 0 atom stereocenters. The fourth-order valence-electron chi connectivity index (χ4n) is 3.10. The van der Waals surface area contributed by atoms with Crippen molar-refractivity contribution in [2.75, 3.05) is 30.9 Å². The maximum atomic E-state index is 13.4. The molecule has 0 aliphatic heterocycles. The fourth-order valence-corrected chi connectivity index (χ4v) is 3.10. The van der Waals surface area contributed by atoms with Gasteiger partial charge in [0.05, 0.1) is 17.7 Å². The predicted octanol–water partition coefficient (Wildman–Crippen LogP) is 4.53. The number of hydrogen-bond acceptors (Lipinski definition) is 7. The summed E-state index contributed by atoms with van der Waals surface area (Å²) in [4.78, 5) is 13.2. The van der Waals surface area contributed by atoms with E-state index in [0.717, 1.165) is 16.8 Å². The molecule has 0 radical (unpaired) electrons. The molecule has 2 heterocycles. The summed E-state index contributed by atoms with van der Waals surface area (Å²) in [5, 5.41) is 6.94. The van der Waals surface area contributed by atoms with Crippen molar-refractivity contribution < 1.29 is 13.9 Å². The minimum absolute atomic E-state index is 0.297. The summed E-state index contributed by atoms with van der Waals surface area (Å²) < 4.78 is 24.4. The number of rotatable bonds is 9. The molecule has 2 aromatic heterocycles. The Morgan fingerprint density at radius 2 is 2.00 bits per heavy atom. The van der Waals surface area contributed by atoms with Gasteiger partial charge in [-0.05, 0) is 30.3 Å². The van der Waals surface area contributed by atoms with Crippen LogP contribution in [-0.4, -0.2) is 35.2 Å². The molecule has 0 spiro atoms. The highest BCUT2D eigenvalue weighted by molar-refractivity contribution is 5.83. The summed E-state index contributed by atoms with van der Waals surface area (Å²) in [6, 6.07) is 13.5. The number of halogens is 1. The van der Waals surface area contributed by atoms with Gasteiger partial charge in [0.1, 0.15) is 24.0 Å². The highest BCUT2D eigenvalue weighted by Crippen LogP contribution is 2.26. The first-order chi connectivity index (χ1) is 16.1. The Kier molecular flexibility index (Phi) is 6.93. The molecule has 2 aromatic carbocycles. The number of anilines is 3. The van der Waals surface area contributed by atoms with Gasteiger partial charge in [0.25, 0.3) is 0 Å². The number of fused-ring (bicyclic) bond motifs is 1. The van der Waals surface area contributed by atoms with Crippen LogP contribution in [0.5, 0.6) is 5.75 Å². The Balaban J connectivity index is 1.49. The van der Waals surface area contributed by atoms with Crippen molar-refractivity contribution >= 4 is 28.4 Å². The summed E-state index contributed by atoms with van der Waals surface area (Å²) in [5.74, 6) is 3.94. The summed E-state index contributed by atoms with van der Waals surface area (Å²) in [7, 11) is 1.65. The molecule has 166 valence electrons. The van der Waals surface area contributed by atoms with Gasteiger partial charge in [-0.25, -0.2) is 19.3 Å². The molecule has 0 bridgehead atoms. The molecule has 0 aliphatic rings. The number of benzene rings is 2. The smallest absolute Gasteiger partial charge is 0.227 e. The second-order valence-corrected chi connectivity index (χ2v) is 7.14. The van der Waals surface area contributed by atoms with Gasteiger partial charge in [0, 0.05) is 48.8 Å². The largest absolute Gasteiger partial charge is 0.487 e. The molecular formula is C25H22FN5O2. The summed E-state index contributed by atoms with van der Waals surface area (Å²) in [6.07, 6.45) is 9.09. The Bertz CT molecular complexity index is 1290. The van der Waals surface area contributed by atoms with Crippen LogP contribution in [0.2, 0.25) is 0 Å². The van der Waals surface area contributed by atoms with Gasteiger partial charge in [-0.3, -0.25) is 0 Å². The Hall–Kier alpha value is -4.22. The molecule has 4 rings (SSSR count). The Morgan fingerprint density at radius 1 is 1.09 bits per heavy atom. The molecule has 8 heteroatoms. The maximum absolute atomic E-state index is 13.4. The summed E-state index contributed by atoms with van der Waals surface area (Å²) >= 11 is 0. The van der Waals surface area contributed by atoms with Crippen LogP contribution in [0.3, 0.4) is 0 Å². The van der Waals surface area contributed by atoms with E-state index in [9.17, 15) is 4.39 Å². The monoisotopic (exact) mass is 443 g/mol. The van der Waals surface area contributed by atoms with Crippen molar-refractivity contribution in [2.24, 2.45) is 0 Å². The van der Waals surface area contributed by atoms with Crippen molar-refractivity contribution in [1.29, 1.82) is 0 Å². The van der Waals surface area contributed by atoms with E-state index in [2.05, 4.69) is 31.5 Å². The van der Waals surface area contributed by atoms with Crippen LogP contribution < -0.4 is 15.4 Å². The molecular weight excluding hydrogens is 421 g/mol. The third-order valence-corrected chi connectivity index (χ3v) is 4.75. The predicted molar refractivity (Wildman–Crippen MR) is 126 cm³/mol. The first-order valence-corrected chi connectivity index (χ1v) is 10.2. The number of nitrogens with one attached hydrogen (secondary N) is 2. The van der Waals surface area contributed by atoms with Gasteiger partial charge in [0.2, 0.25) is 5.95 Å². The summed E-state index contributed by atoms with van der Waals surface area (Å²) in [5.41, 5.74) is 2.70. The van der Waals surface area contributed by atoms with Crippen molar-refractivity contribution in [3.63, 3.8) is 0 Å². The number of hydrogen-bond donors (Lipinski definition) is 2. The van der Waals surface area contributed by atoms with Crippen LogP contribution in [-0.2, 0) is 11.3 Å². The topological polar surface area (TPSA) is 81.2 Å². The van der Waals surface area contributed by atoms with E-state index in [-0.39, 0.29) is 5.82 Å². The third-order valence-electron chi connectivity index (χ3n) is 4.75. The van der Waals surface area contributed by atoms with Gasteiger partial charge in [-0.2, -0.15) is 0 Å². The lowest BCUT2D eigenvalue weighted by molar-refractivity contribution is 0.210. The van der Waals surface area contributed by atoms with Gasteiger partial charge < -0.3 is 20.1 Å². The zero-order valence-corrected chi connectivity index (χ0v) is 18.0. The highest BCUT2D eigenvalue weighted by Gasteiger charge is 2.09. The second-order valence-electron chi connectivity index (χ2n) is 7.14. The van der Waals surface area contributed by atoms with Crippen LogP contribution in [0.25, 0.3) is 10.9 Å². The van der Waals surface area contributed by atoms with Crippen LogP contribution in [0.15, 0.2) is 60.9 Å². The minimum Gasteiger partial charge on any atom is -0.487 e. The van der Waals surface area contributed by atoms with E-state index in [1.54, 1.807) is 43.8 Å². The lowest BCUT2D eigenvalue weighted by Crippen LogP contribution is -2.08. The van der Waals surface area contributed by atoms with E-state index >= 15 is 0 Å². The quantitative estimate of drug-likeness (QED) is 0.291. The third kappa shape index (κ3) is 5.73. The van der Waals surface area contributed by atoms with E-state index in [1.807, 2.05) is 12.1 Å². The standard InChI is InChI=1S/C25H22FN5O2/c1-3-18-11-19-15-29-25(30-21-6-4-5-20(26)12-21)31-22(19)13-23(18)33-16-17-7-8-24(28-14-17)27-9-10-32-2/h1,4-8,11-15H,9-10,16H2,2H3,(H,27,28)(H,29,30,31). The average molecular weight is 443 g/mol. The van der Waals surface area contributed by atoms with Crippen molar-refractivity contribution in [3.05, 3.63) is 77.9 Å². The summed E-state index contributed by atoms with van der Waals surface area (Å²) in [6.45, 7) is 1.58. The number of pyridine rings is 1. The van der Waals surface area contributed by atoms with E-state index in [0.29, 0.717) is 48.2 Å². The molecule has 4 aromatic rings. The zero-order valence-electron chi connectivity index (χ0n) is 18.0. The molecule has 7 nitrogen and oxygen atoms in total. The Labute approximate surface area is 191 Å². The van der Waals surface area contributed by atoms with Crippen molar-refractivity contribution in [3.8, 4) is 18.1 Å². The van der Waals surface area contributed by atoms with Gasteiger partial charge >= 0.3 is 0 Å². The molecule has 0 amide bonds. The molecule has 33 heavy (non-hydrogen) atoms. The molecule has 0 unspecified atom stereocenters. The van der Waals surface area contributed by atoms with E-state index in [1.165, 1.54) is 12.1 Å². The van der Waals surface area contributed by atoms with Gasteiger partial charge in [-0.1, -0.05) is 18.1 Å². The van der Waals surface area contributed by atoms with Crippen LogP contribution in [0, 0.1) is 18.2 Å². The molecule has 2 N–H and O–H groups in total. The molecule has 0 fully saturated rings. The highest BCUT2D eigenvalue weighted by atomic mass is 19.1. The van der Waals surface area contributed by atoms with Crippen LogP contribution in [0.1, 0.15) is 11.1 Å². The number of nitrogens with zero attached hydrogens (tertiary/aromatic N) is 3. The fraction of sp³-hybridized carbons (Fsp3) is 0.160. The zero-order chi connectivity index (χ0) is 23.0. The van der Waals surface area contributed by atoms with E-state index in [4.69, 9.17) is 15.9 Å². The van der Waals surface area contributed by atoms with Gasteiger partial charge in [0.15, 0.2) is 0 Å². The number of methoxy groups -OCH3 is 1. The Morgan fingerprint density at radius 3 is 2.76 bits per heavy atom.